The zero-order chi connectivity index (χ0) is 56.8. The van der Waals surface area contributed by atoms with Crippen LogP contribution in [0.15, 0.2) is 326 Å². The number of hydrogen-bond acceptors (Lipinski definition) is 4. The fourth-order valence-corrected chi connectivity index (χ4v) is 17.1. The van der Waals surface area contributed by atoms with E-state index in [2.05, 4.69) is 262 Å². The first-order valence-corrected chi connectivity index (χ1v) is 31.1. The Kier molecular flexibility index (Phi) is 14.4. The number of allylic oxidation sites excluding steroid dienone is 14. The zero-order valence-corrected chi connectivity index (χ0v) is 49.6. The van der Waals surface area contributed by atoms with E-state index in [-0.39, 0.29) is 11.8 Å². The van der Waals surface area contributed by atoms with Gasteiger partial charge in [0, 0.05) is 46.8 Å². The standard InChI is InChI=1S/C80H58S4/c1-3-27-75(84-76(28-4-2)83-56-31-11-8-12-32-56)78-62-38-16-15-37-61(62)77(74(82)46-14-6-5-13-45-73(81)53-29-9-7-10-30-53)63-49-47-54(51-64(63)78)55-48-50-71-72(52-55)80(67-41-23-19-35-59(67)60-36-20-24-42-68(60)80)70-44-26-25-43-69(70)79(71)65-39-21-17-33-57(65)58-34-18-22-40-66(58)79/h3-52,59,67,81-82H,1-2H2/b13-5+,14-6+,73-45-,74-46-,75-27-,76-28+. The quantitative estimate of drug-likeness (QED) is 0.0511. The molecular weight excluding hydrogens is 1090 g/mol. The maximum Gasteiger partial charge on any atom is 0.0719 e. The summed E-state index contributed by atoms with van der Waals surface area (Å²) < 4.78 is 1.10. The van der Waals surface area contributed by atoms with Gasteiger partial charge in [0.2, 0.25) is 0 Å². The van der Waals surface area contributed by atoms with E-state index in [0.717, 1.165) is 73.2 Å². The van der Waals surface area contributed by atoms with Crippen molar-refractivity contribution in [3.8, 4) is 22.3 Å². The second-order valence-corrected chi connectivity index (χ2v) is 25.1. The van der Waals surface area contributed by atoms with E-state index in [1.807, 2.05) is 54.7 Å². The lowest BCUT2D eigenvalue weighted by Gasteiger charge is -2.51. The molecule has 0 fully saturated rings. The number of rotatable bonds is 13. The SMILES string of the molecule is C=C/C=C(\S/C(=C/C=C)Sc1ccccc1)c1c2ccccc2c(/C(S)=C/C=C/C=C/C=C(\S)c2ccccc2)c2ccc(-c3ccc4c(c3)C3(c5ccccc5C5C=CC=CC53)c3ccccc3C43c4ccccc4-c4ccccc43)cc12. The van der Waals surface area contributed by atoms with Crippen LogP contribution in [-0.4, -0.2) is 0 Å². The molecule has 10 aromatic rings. The molecule has 0 heterocycles. The van der Waals surface area contributed by atoms with Crippen LogP contribution in [0.3, 0.4) is 0 Å². The Labute approximate surface area is 513 Å². The third kappa shape index (κ3) is 8.72. The van der Waals surface area contributed by atoms with Crippen molar-refractivity contribution in [3.05, 3.63) is 382 Å². The minimum Gasteiger partial charge on any atom is -0.143 e. The van der Waals surface area contributed by atoms with Crippen molar-refractivity contribution in [2.75, 3.05) is 0 Å². The van der Waals surface area contributed by atoms with E-state index < -0.39 is 10.8 Å². The summed E-state index contributed by atoms with van der Waals surface area (Å²) in [5.74, 6) is 0.352. The molecule has 0 N–H and O–H groups in total. The normalized spacial score (nSPS) is 18.3. The van der Waals surface area contributed by atoms with Crippen molar-refractivity contribution in [2.45, 2.75) is 21.6 Å². The number of thiol groups is 2. The van der Waals surface area contributed by atoms with E-state index in [9.17, 15) is 0 Å². The predicted molar refractivity (Wildman–Crippen MR) is 370 cm³/mol. The Hall–Kier alpha value is -8.48. The van der Waals surface area contributed by atoms with Crippen LogP contribution in [-0.2, 0) is 10.8 Å². The molecule has 0 amide bonds. The minimum atomic E-state index is -0.557. The highest BCUT2D eigenvalue weighted by Crippen LogP contribution is 2.69. The van der Waals surface area contributed by atoms with Gasteiger partial charge in [-0.15, -0.1) is 25.3 Å². The predicted octanol–water partition coefficient (Wildman–Crippen LogP) is 21.9. The van der Waals surface area contributed by atoms with Gasteiger partial charge in [0.25, 0.3) is 0 Å². The van der Waals surface area contributed by atoms with Crippen LogP contribution in [0.1, 0.15) is 67.1 Å². The van der Waals surface area contributed by atoms with E-state index in [1.165, 1.54) is 55.6 Å². The van der Waals surface area contributed by atoms with Crippen LogP contribution in [0.4, 0.5) is 0 Å². The van der Waals surface area contributed by atoms with Gasteiger partial charge in [-0.25, -0.2) is 0 Å². The highest BCUT2D eigenvalue weighted by molar-refractivity contribution is 8.26. The van der Waals surface area contributed by atoms with Crippen molar-refractivity contribution in [2.24, 2.45) is 5.92 Å². The molecule has 10 aromatic carbocycles. The lowest BCUT2D eigenvalue weighted by molar-refractivity contribution is 0.432. The second-order valence-electron chi connectivity index (χ2n) is 21.7. The Balaban J connectivity index is 1.01. The van der Waals surface area contributed by atoms with Gasteiger partial charge in [0.05, 0.1) is 10.8 Å². The lowest BCUT2D eigenvalue weighted by atomic mass is 9.50. The van der Waals surface area contributed by atoms with Crippen LogP contribution >= 0.6 is 48.8 Å². The lowest BCUT2D eigenvalue weighted by Crippen LogP contribution is -2.46. The summed E-state index contributed by atoms with van der Waals surface area (Å²) in [4.78, 5) is 4.01. The number of thioether (sulfide) groups is 2. The molecule has 84 heavy (non-hydrogen) atoms. The Bertz CT molecular complexity index is 4520. The van der Waals surface area contributed by atoms with Crippen molar-refractivity contribution in [3.63, 3.8) is 0 Å². The smallest absolute Gasteiger partial charge is 0.0719 e. The molecule has 3 atom stereocenters. The third-order valence-electron chi connectivity index (χ3n) is 17.4. The number of hydrogen-bond donors (Lipinski definition) is 2. The van der Waals surface area contributed by atoms with Crippen LogP contribution in [0, 0.1) is 5.92 Å². The van der Waals surface area contributed by atoms with Crippen LogP contribution in [0.25, 0.3) is 58.5 Å². The molecule has 4 heteroatoms. The molecule has 0 radical (unpaired) electrons. The molecule has 0 nitrogen and oxygen atoms in total. The molecule has 2 spiro atoms. The molecule has 402 valence electrons. The Morgan fingerprint density at radius 2 is 0.976 bits per heavy atom. The summed E-state index contributed by atoms with van der Waals surface area (Å²) in [5, 5.41) is 4.48. The van der Waals surface area contributed by atoms with Gasteiger partial charge < -0.3 is 0 Å². The van der Waals surface area contributed by atoms with Gasteiger partial charge in [-0.05, 0) is 142 Å². The van der Waals surface area contributed by atoms with E-state index >= 15 is 0 Å². The van der Waals surface area contributed by atoms with Gasteiger partial charge in [0.1, 0.15) is 0 Å². The summed E-state index contributed by atoms with van der Waals surface area (Å²) >= 11 is 13.6. The Morgan fingerprint density at radius 1 is 0.429 bits per heavy atom. The van der Waals surface area contributed by atoms with Gasteiger partial charge in [0.15, 0.2) is 0 Å². The number of benzene rings is 10. The van der Waals surface area contributed by atoms with Crippen molar-refractivity contribution >= 4 is 85.0 Å². The Morgan fingerprint density at radius 3 is 1.69 bits per heavy atom. The highest BCUT2D eigenvalue weighted by Gasteiger charge is 2.61. The highest BCUT2D eigenvalue weighted by atomic mass is 32.2. The first-order chi connectivity index (χ1) is 41.4. The molecule has 0 aromatic heterocycles. The summed E-state index contributed by atoms with van der Waals surface area (Å²) in [5.41, 5.74) is 18.0. The minimum absolute atomic E-state index is 0.142. The molecule has 0 saturated carbocycles. The maximum absolute atomic E-state index is 5.39. The summed E-state index contributed by atoms with van der Waals surface area (Å²) in [6, 6.07) is 81.3. The third-order valence-corrected chi connectivity index (χ3v) is 20.4. The van der Waals surface area contributed by atoms with Gasteiger partial charge >= 0.3 is 0 Å². The molecule has 0 aliphatic heterocycles. The van der Waals surface area contributed by atoms with Crippen LogP contribution < -0.4 is 0 Å². The summed E-state index contributed by atoms with van der Waals surface area (Å²) in [6.07, 6.45) is 29.9. The monoisotopic (exact) mass is 1150 g/mol. The largest absolute Gasteiger partial charge is 0.143 e. The van der Waals surface area contributed by atoms with Gasteiger partial charge in [-0.1, -0.05) is 292 Å². The van der Waals surface area contributed by atoms with Crippen LogP contribution in [0.2, 0.25) is 0 Å². The van der Waals surface area contributed by atoms with E-state index in [1.54, 1.807) is 23.5 Å². The molecule has 14 rings (SSSR count). The average Bonchev–Trinajstić information content (AvgIpc) is 1.41. The van der Waals surface area contributed by atoms with Gasteiger partial charge in [-0.3, -0.25) is 0 Å². The maximum atomic E-state index is 5.39. The summed E-state index contributed by atoms with van der Waals surface area (Å²) in [7, 11) is 0. The topological polar surface area (TPSA) is 0 Å². The fraction of sp³-hybridized carbons (Fsp3) is 0.0500. The van der Waals surface area contributed by atoms with E-state index in [4.69, 9.17) is 25.3 Å². The molecule has 4 aliphatic carbocycles. The van der Waals surface area contributed by atoms with E-state index in [0.29, 0.717) is 0 Å². The first-order valence-electron chi connectivity index (χ1n) is 28.6. The van der Waals surface area contributed by atoms with Crippen LogP contribution in [0.5, 0.6) is 0 Å². The van der Waals surface area contributed by atoms with Crippen molar-refractivity contribution < 1.29 is 0 Å². The number of fused-ring (bicyclic) bond motifs is 18. The molecule has 3 unspecified atom stereocenters. The first kappa shape index (κ1) is 53.5. The average molecular weight is 1150 g/mol. The zero-order valence-electron chi connectivity index (χ0n) is 46.1. The summed E-state index contributed by atoms with van der Waals surface area (Å²) in [6.45, 7) is 8.50. The molecular formula is C80H58S4. The second kappa shape index (κ2) is 22.6. The van der Waals surface area contributed by atoms with Gasteiger partial charge in [-0.2, -0.15) is 0 Å². The van der Waals surface area contributed by atoms with Crippen molar-refractivity contribution in [1.82, 2.24) is 0 Å². The molecule has 4 aliphatic rings. The fourth-order valence-electron chi connectivity index (χ4n) is 14.2. The van der Waals surface area contributed by atoms with Crippen molar-refractivity contribution in [1.29, 1.82) is 0 Å². The molecule has 0 saturated heterocycles. The molecule has 0 bridgehead atoms.